The van der Waals surface area contributed by atoms with Gasteiger partial charge < -0.3 is 4.57 Å². The first kappa shape index (κ1) is 18.1. The van der Waals surface area contributed by atoms with Crippen molar-refractivity contribution in [3.05, 3.63) is 54.4 Å². The molecule has 1 aromatic heterocycles. The van der Waals surface area contributed by atoms with Crippen LogP contribution < -0.4 is 0 Å². The summed E-state index contributed by atoms with van der Waals surface area (Å²) in [5.41, 5.74) is 1.22. The zero-order chi connectivity index (χ0) is 16.3. The van der Waals surface area contributed by atoms with Crippen molar-refractivity contribution in [2.45, 2.75) is 57.2 Å². The quantitative estimate of drug-likeness (QED) is 0.516. The second-order valence-electron chi connectivity index (χ2n) is 5.98. The third-order valence-electron chi connectivity index (χ3n) is 3.99. The van der Waals surface area contributed by atoms with Crippen LogP contribution in [-0.4, -0.2) is 20.6 Å². The Hall–Kier alpha value is -1.29. The molecule has 23 heavy (non-hydrogen) atoms. The van der Waals surface area contributed by atoms with Crippen LogP contribution in [0.25, 0.3) is 0 Å². The topological polar surface area (TPSA) is 17.8 Å². The molecular formula is C19H27FN2S. The number of halogens is 1. The second kappa shape index (κ2) is 10.5. The number of imidazole rings is 1. The van der Waals surface area contributed by atoms with Gasteiger partial charge in [-0.05, 0) is 42.7 Å². The van der Waals surface area contributed by atoms with Gasteiger partial charge in [0.05, 0.1) is 6.33 Å². The normalized spacial score (nSPS) is 12.4. The molecule has 0 amide bonds. The molecule has 1 heterocycles. The summed E-state index contributed by atoms with van der Waals surface area (Å²) in [7, 11) is 0. The zero-order valence-corrected chi connectivity index (χ0v) is 14.8. The molecule has 0 radical (unpaired) electrons. The van der Waals surface area contributed by atoms with Gasteiger partial charge in [0.15, 0.2) is 0 Å². The van der Waals surface area contributed by atoms with Crippen molar-refractivity contribution in [3.8, 4) is 0 Å². The first-order valence-electron chi connectivity index (χ1n) is 8.59. The van der Waals surface area contributed by atoms with Gasteiger partial charge in [0.2, 0.25) is 0 Å². The van der Waals surface area contributed by atoms with Crippen molar-refractivity contribution in [1.82, 2.24) is 9.55 Å². The van der Waals surface area contributed by atoms with Crippen LogP contribution in [-0.2, 0) is 13.0 Å². The third kappa shape index (κ3) is 7.21. The molecule has 4 heteroatoms. The highest BCUT2D eigenvalue weighted by atomic mass is 32.2. The fourth-order valence-electron chi connectivity index (χ4n) is 2.61. The lowest BCUT2D eigenvalue weighted by molar-refractivity contribution is 0.617. The average molecular weight is 335 g/mol. The van der Waals surface area contributed by atoms with Crippen molar-refractivity contribution in [2.75, 3.05) is 5.75 Å². The molecule has 0 bridgehead atoms. The summed E-state index contributed by atoms with van der Waals surface area (Å²) in [5.74, 6) is 1.07. The Bertz CT molecular complexity index is 525. The van der Waals surface area contributed by atoms with Crippen LogP contribution in [0.3, 0.4) is 0 Å². The molecule has 0 aliphatic rings. The molecule has 0 aliphatic heterocycles. The van der Waals surface area contributed by atoms with E-state index in [9.17, 15) is 4.39 Å². The Balaban J connectivity index is 1.80. The smallest absolute Gasteiger partial charge is 0.123 e. The van der Waals surface area contributed by atoms with E-state index in [1.807, 2.05) is 30.9 Å². The van der Waals surface area contributed by atoms with E-state index in [4.69, 9.17) is 0 Å². The number of rotatable bonds is 11. The lowest BCUT2D eigenvalue weighted by atomic mass is 10.1. The van der Waals surface area contributed by atoms with E-state index in [2.05, 4.69) is 28.2 Å². The lowest BCUT2D eigenvalue weighted by Crippen LogP contribution is -2.14. The molecule has 0 fully saturated rings. The van der Waals surface area contributed by atoms with E-state index in [-0.39, 0.29) is 5.82 Å². The Kier molecular flexibility index (Phi) is 8.23. The standard InChI is InChI=1S/C19H27FN2S/c1-2-3-4-5-14-23-19(15-22-13-12-21-16-22)11-8-17-6-9-18(20)10-7-17/h6-7,9-10,12-13,16,19H,2-5,8,11,14-15H2,1H3. The predicted molar refractivity (Wildman–Crippen MR) is 97.3 cm³/mol. The summed E-state index contributed by atoms with van der Waals surface area (Å²) in [4.78, 5) is 4.14. The first-order chi connectivity index (χ1) is 11.3. The summed E-state index contributed by atoms with van der Waals surface area (Å²) in [6.07, 6.45) is 13.1. The van der Waals surface area contributed by atoms with Crippen LogP contribution in [0.1, 0.15) is 44.6 Å². The molecule has 2 aromatic rings. The number of hydrogen-bond donors (Lipinski definition) is 0. The van der Waals surface area contributed by atoms with Gasteiger partial charge in [0.1, 0.15) is 5.82 Å². The third-order valence-corrected chi connectivity index (χ3v) is 5.37. The zero-order valence-electron chi connectivity index (χ0n) is 14.0. The van der Waals surface area contributed by atoms with E-state index >= 15 is 0 Å². The minimum Gasteiger partial charge on any atom is -0.336 e. The van der Waals surface area contributed by atoms with Crippen molar-refractivity contribution < 1.29 is 4.39 Å². The van der Waals surface area contributed by atoms with Crippen LogP contribution in [0.2, 0.25) is 0 Å². The average Bonchev–Trinajstić information content (AvgIpc) is 3.06. The van der Waals surface area contributed by atoms with E-state index in [0.717, 1.165) is 19.4 Å². The molecule has 126 valence electrons. The van der Waals surface area contributed by atoms with Gasteiger partial charge in [0.25, 0.3) is 0 Å². The highest BCUT2D eigenvalue weighted by molar-refractivity contribution is 7.99. The first-order valence-corrected chi connectivity index (χ1v) is 9.64. The Morgan fingerprint density at radius 3 is 2.70 bits per heavy atom. The predicted octanol–water partition coefficient (Wildman–Crippen LogP) is 5.34. The van der Waals surface area contributed by atoms with Crippen molar-refractivity contribution in [1.29, 1.82) is 0 Å². The molecule has 1 unspecified atom stereocenters. The molecule has 0 saturated heterocycles. The van der Waals surface area contributed by atoms with Gasteiger partial charge in [-0.1, -0.05) is 38.3 Å². The molecular weight excluding hydrogens is 307 g/mol. The SMILES string of the molecule is CCCCCCSC(CCc1ccc(F)cc1)Cn1ccnc1. The monoisotopic (exact) mass is 334 g/mol. The Morgan fingerprint density at radius 1 is 1.17 bits per heavy atom. The van der Waals surface area contributed by atoms with E-state index in [1.165, 1.54) is 37.0 Å². The maximum Gasteiger partial charge on any atom is 0.123 e. The summed E-state index contributed by atoms with van der Waals surface area (Å²) in [5, 5.41) is 0.580. The van der Waals surface area contributed by atoms with Gasteiger partial charge in [0, 0.05) is 24.2 Å². The minimum absolute atomic E-state index is 0.158. The highest BCUT2D eigenvalue weighted by Gasteiger charge is 2.10. The number of unbranched alkanes of at least 4 members (excludes halogenated alkanes) is 3. The van der Waals surface area contributed by atoms with Crippen molar-refractivity contribution >= 4 is 11.8 Å². The number of aryl methyl sites for hydroxylation is 1. The van der Waals surface area contributed by atoms with Gasteiger partial charge in [-0.25, -0.2) is 9.37 Å². The molecule has 0 aliphatic carbocycles. The van der Waals surface area contributed by atoms with Crippen LogP contribution >= 0.6 is 11.8 Å². The summed E-state index contributed by atoms with van der Waals surface area (Å²) in [6.45, 7) is 3.25. The maximum absolute atomic E-state index is 13.0. The van der Waals surface area contributed by atoms with Crippen molar-refractivity contribution in [2.24, 2.45) is 0 Å². The van der Waals surface area contributed by atoms with E-state index in [1.54, 1.807) is 12.1 Å². The Labute approximate surface area is 143 Å². The molecule has 0 N–H and O–H groups in total. The molecule has 2 rings (SSSR count). The maximum atomic E-state index is 13.0. The van der Waals surface area contributed by atoms with E-state index < -0.39 is 0 Å². The van der Waals surface area contributed by atoms with Gasteiger partial charge >= 0.3 is 0 Å². The lowest BCUT2D eigenvalue weighted by Gasteiger charge is -2.17. The van der Waals surface area contributed by atoms with Gasteiger partial charge in [-0.2, -0.15) is 11.8 Å². The largest absolute Gasteiger partial charge is 0.336 e. The molecule has 1 aromatic carbocycles. The Morgan fingerprint density at radius 2 is 2.00 bits per heavy atom. The van der Waals surface area contributed by atoms with Crippen LogP contribution in [0.15, 0.2) is 43.0 Å². The summed E-state index contributed by atoms with van der Waals surface area (Å²) in [6, 6.07) is 6.90. The molecule has 0 saturated carbocycles. The van der Waals surface area contributed by atoms with Crippen LogP contribution in [0.4, 0.5) is 4.39 Å². The minimum atomic E-state index is -0.158. The number of hydrogen-bond acceptors (Lipinski definition) is 2. The van der Waals surface area contributed by atoms with Gasteiger partial charge in [-0.15, -0.1) is 0 Å². The number of nitrogens with zero attached hydrogens (tertiary/aromatic N) is 2. The highest BCUT2D eigenvalue weighted by Crippen LogP contribution is 2.21. The number of benzene rings is 1. The fourth-order valence-corrected chi connectivity index (χ4v) is 3.88. The summed E-state index contributed by atoms with van der Waals surface area (Å²) < 4.78 is 15.2. The van der Waals surface area contributed by atoms with Gasteiger partial charge in [-0.3, -0.25) is 0 Å². The molecule has 0 spiro atoms. The second-order valence-corrected chi connectivity index (χ2v) is 7.39. The number of thioether (sulfide) groups is 1. The fraction of sp³-hybridized carbons (Fsp3) is 0.526. The number of aromatic nitrogens is 2. The van der Waals surface area contributed by atoms with Crippen LogP contribution in [0.5, 0.6) is 0 Å². The van der Waals surface area contributed by atoms with Crippen molar-refractivity contribution in [3.63, 3.8) is 0 Å². The summed E-state index contributed by atoms with van der Waals surface area (Å²) >= 11 is 2.07. The van der Waals surface area contributed by atoms with E-state index in [0.29, 0.717) is 5.25 Å². The van der Waals surface area contributed by atoms with Crippen LogP contribution in [0, 0.1) is 5.82 Å². The molecule has 2 nitrogen and oxygen atoms in total. The molecule has 1 atom stereocenters.